The van der Waals surface area contributed by atoms with Crippen LogP contribution in [-0.4, -0.2) is 29.6 Å². The molecule has 1 aliphatic rings. The molecule has 2 rings (SSSR count). The van der Waals surface area contributed by atoms with Gasteiger partial charge in [0.05, 0.1) is 12.2 Å². The minimum Gasteiger partial charge on any atom is -0.326 e. The molecule has 0 spiro atoms. The zero-order valence-electron chi connectivity index (χ0n) is 12.6. The molecule has 0 saturated carbocycles. The molecule has 1 aromatic carbocycles. The van der Waals surface area contributed by atoms with Gasteiger partial charge in [-0.05, 0) is 24.8 Å². The average molecular weight is 274 g/mol. The Morgan fingerprint density at radius 2 is 1.90 bits per heavy atom. The minimum atomic E-state index is -0.0502. The molecule has 3 nitrogen and oxygen atoms in total. The van der Waals surface area contributed by atoms with E-state index < -0.39 is 0 Å². The van der Waals surface area contributed by atoms with E-state index in [0.29, 0.717) is 0 Å². The van der Waals surface area contributed by atoms with Gasteiger partial charge in [0.1, 0.15) is 0 Å². The first kappa shape index (κ1) is 15.0. The molecule has 1 fully saturated rings. The molecule has 2 unspecified atom stereocenters. The molecule has 1 aliphatic heterocycles. The minimum absolute atomic E-state index is 0.0502. The van der Waals surface area contributed by atoms with Gasteiger partial charge in [0.2, 0.25) is 5.91 Å². The first-order chi connectivity index (χ1) is 9.76. The van der Waals surface area contributed by atoms with Gasteiger partial charge in [-0.15, -0.1) is 0 Å². The Morgan fingerprint density at radius 1 is 1.15 bits per heavy atom. The molecule has 0 bridgehead atoms. The Bertz CT molecular complexity index is 418. The first-order valence-electron chi connectivity index (χ1n) is 7.86. The normalized spacial score (nSPS) is 22.5. The van der Waals surface area contributed by atoms with E-state index in [2.05, 4.69) is 36.2 Å². The number of nitrogens with zero attached hydrogens (tertiary/aromatic N) is 1. The van der Waals surface area contributed by atoms with Crippen LogP contribution in [0.5, 0.6) is 0 Å². The van der Waals surface area contributed by atoms with Gasteiger partial charge >= 0.3 is 0 Å². The highest BCUT2D eigenvalue weighted by molar-refractivity contribution is 5.84. The number of benzene rings is 1. The summed E-state index contributed by atoms with van der Waals surface area (Å²) in [5, 5.41) is 3.53. The second-order valence-corrected chi connectivity index (χ2v) is 5.60. The molecule has 0 radical (unpaired) electrons. The lowest BCUT2D eigenvalue weighted by atomic mass is 10.1. The third-order valence-corrected chi connectivity index (χ3v) is 3.95. The lowest BCUT2D eigenvalue weighted by molar-refractivity contribution is -0.130. The highest BCUT2D eigenvalue weighted by atomic mass is 16.2. The van der Waals surface area contributed by atoms with Crippen molar-refractivity contribution >= 4 is 5.91 Å². The molecule has 0 aliphatic carbocycles. The lowest BCUT2D eigenvalue weighted by Gasteiger charge is -2.23. The Morgan fingerprint density at radius 3 is 2.55 bits per heavy atom. The van der Waals surface area contributed by atoms with E-state index in [0.717, 1.165) is 38.6 Å². The summed E-state index contributed by atoms with van der Waals surface area (Å²) in [4.78, 5) is 14.6. The Labute approximate surface area is 122 Å². The lowest BCUT2D eigenvalue weighted by Crippen LogP contribution is -2.37. The quantitative estimate of drug-likeness (QED) is 0.829. The van der Waals surface area contributed by atoms with Crippen LogP contribution in [0.1, 0.15) is 45.1 Å². The maximum absolute atomic E-state index is 12.6. The predicted molar refractivity (Wildman–Crippen MR) is 82.4 cm³/mol. The van der Waals surface area contributed by atoms with Crippen LogP contribution >= 0.6 is 0 Å². The number of carbonyl (C=O) groups excluding carboxylic acids is 1. The summed E-state index contributed by atoms with van der Waals surface area (Å²) >= 11 is 0. The molecule has 1 amide bonds. The summed E-state index contributed by atoms with van der Waals surface area (Å²) in [6.45, 7) is 5.23. The number of amides is 1. The SMILES string of the molecule is CCCCN1C(=O)C(Cc2ccccc2)NC1CCC. The summed E-state index contributed by atoms with van der Waals surface area (Å²) in [7, 11) is 0. The fourth-order valence-electron chi connectivity index (χ4n) is 2.85. The van der Waals surface area contributed by atoms with Gasteiger partial charge < -0.3 is 4.90 Å². The third kappa shape index (κ3) is 3.60. The van der Waals surface area contributed by atoms with E-state index in [1.165, 1.54) is 5.56 Å². The summed E-state index contributed by atoms with van der Waals surface area (Å²) in [5.41, 5.74) is 1.23. The van der Waals surface area contributed by atoms with Gasteiger partial charge in [-0.25, -0.2) is 0 Å². The number of rotatable bonds is 7. The van der Waals surface area contributed by atoms with E-state index in [-0.39, 0.29) is 18.1 Å². The van der Waals surface area contributed by atoms with Gasteiger partial charge in [0, 0.05) is 6.54 Å². The standard InChI is InChI=1S/C17H26N2O/c1-3-5-12-19-16(9-4-2)18-15(17(19)20)13-14-10-7-6-8-11-14/h6-8,10-11,15-16,18H,3-5,9,12-13H2,1-2H3. The van der Waals surface area contributed by atoms with Crippen molar-refractivity contribution in [3.05, 3.63) is 35.9 Å². The van der Waals surface area contributed by atoms with Crippen molar-refractivity contribution in [2.75, 3.05) is 6.54 Å². The first-order valence-corrected chi connectivity index (χ1v) is 7.86. The smallest absolute Gasteiger partial charge is 0.241 e. The fourth-order valence-corrected chi connectivity index (χ4v) is 2.85. The largest absolute Gasteiger partial charge is 0.326 e. The van der Waals surface area contributed by atoms with Crippen LogP contribution in [0.15, 0.2) is 30.3 Å². The molecule has 20 heavy (non-hydrogen) atoms. The van der Waals surface area contributed by atoms with Gasteiger partial charge in [-0.3, -0.25) is 10.1 Å². The third-order valence-electron chi connectivity index (χ3n) is 3.95. The fraction of sp³-hybridized carbons (Fsp3) is 0.588. The number of carbonyl (C=O) groups is 1. The van der Waals surface area contributed by atoms with Crippen molar-refractivity contribution < 1.29 is 4.79 Å². The number of hydrogen-bond acceptors (Lipinski definition) is 2. The van der Waals surface area contributed by atoms with E-state index in [1.54, 1.807) is 0 Å². The van der Waals surface area contributed by atoms with E-state index in [4.69, 9.17) is 0 Å². The van der Waals surface area contributed by atoms with Crippen LogP contribution in [-0.2, 0) is 11.2 Å². The van der Waals surface area contributed by atoms with Crippen LogP contribution in [0.3, 0.4) is 0 Å². The number of unbranched alkanes of at least 4 members (excludes halogenated alkanes) is 1. The van der Waals surface area contributed by atoms with Crippen LogP contribution < -0.4 is 5.32 Å². The zero-order chi connectivity index (χ0) is 14.4. The second kappa shape index (κ2) is 7.44. The topological polar surface area (TPSA) is 32.3 Å². The summed E-state index contributed by atoms with van der Waals surface area (Å²) in [5.74, 6) is 0.278. The van der Waals surface area contributed by atoms with Crippen molar-refractivity contribution in [2.45, 2.75) is 58.2 Å². The monoisotopic (exact) mass is 274 g/mol. The predicted octanol–water partition coefficient (Wildman–Crippen LogP) is 2.96. The molecule has 3 heteroatoms. The Kier molecular flexibility index (Phi) is 5.60. The molecule has 2 atom stereocenters. The maximum Gasteiger partial charge on any atom is 0.241 e. The second-order valence-electron chi connectivity index (χ2n) is 5.60. The maximum atomic E-state index is 12.6. The Hall–Kier alpha value is -1.35. The molecule has 0 aromatic heterocycles. The van der Waals surface area contributed by atoms with Crippen molar-refractivity contribution in [1.82, 2.24) is 10.2 Å². The van der Waals surface area contributed by atoms with Crippen molar-refractivity contribution in [2.24, 2.45) is 0 Å². The molecule has 1 aromatic rings. The van der Waals surface area contributed by atoms with E-state index >= 15 is 0 Å². The van der Waals surface area contributed by atoms with Crippen LogP contribution in [0.25, 0.3) is 0 Å². The molecular formula is C17H26N2O. The highest BCUT2D eigenvalue weighted by Gasteiger charge is 2.37. The van der Waals surface area contributed by atoms with Crippen molar-refractivity contribution in [1.29, 1.82) is 0 Å². The van der Waals surface area contributed by atoms with E-state index in [1.807, 2.05) is 18.2 Å². The molecule has 1 N–H and O–H groups in total. The van der Waals surface area contributed by atoms with Crippen molar-refractivity contribution in [3.8, 4) is 0 Å². The summed E-state index contributed by atoms with van der Waals surface area (Å²) < 4.78 is 0. The van der Waals surface area contributed by atoms with E-state index in [9.17, 15) is 4.79 Å². The van der Waals surface area contributed by atoms with Gasteiger partial charge in [-0.2, -0.15) is 0 Å². The zero-order valence-corrected chi connectivity index (χ0v) is 12.6. The molecule has 1 saturated heterocycles. The highest BCUT2D eigenvalue weighted by Crippen LogP contribution is 2.18. The summed E-state index contributed by atoms with van der Waals surface area (Å²) in [6, 6.07) is 10.2. The van der Waals surface area contributed by atoms with Crippen LogP contribution in [0.2, 0.25) is 0 Å². The molecular weight excluding hydrogens is 248 g/mol. The molecule has 110 valence electrons. The van der Waals surface area contributed by atoms with Gasteiger partial charge in [-0.1, -0.05) is 57.0 Å². The van der Waals surface area contributed by atoms with Crippen LogP contribution in [0.4, 0.5) is 0 Å². The van der Waals surface area contributed by atoms with Gasteiger partial charge in [0.15, 0.2) is 0 Å². The van der Waals surface area contributed by atoms with Crippen LogP contribution in [0, 0.1) is 0 Å². The summed E-state index contributed by atoms with van der Waals surface area (Å²) in [6.07, 6.45) is 5.39. The Balaban J connectivity index is 2.02. The van der Waals surface area contributed by atoms with Gasteiger partial charge in [0.25, 0.3) is 0 Å². The number of hydrogen-bond donors (Lipinski definition) is 1. The number of nitrogens with one attached hydrogen (secondary N) is 1. The average Bonchev–Trinajstić information content (AvgIpc) is 2.74. The van der Waals surface area contributed by atoms with Crippen molar-refractivity contribution in [3.63, 3.8) is 0 Å². The molecule has 1 heterocycles.